The van der Waals surface area contributed by atoms with E-state index in [2.05, 4.69) is 10.1 Å². The molecule has 0 aliphatic carbocycles. The first kappa shape index (κ1) is 16.6. The van der Waals surface area contributed by atoms with Crippen LogP contribution in [0.2, 0.25) is 5.02 Å². The van der Waals surface area contributed by atoms with Gasteiger partial charge in [-0.3, -0.25) is 9.48 Å². The molecule has 26 heavy (non-hydrogen) atoms. The van der Waals surface area contributed by atoms with Gasteiger partial charge in [0.05, 0.1) is 23.8 Å². The minimum absolute atomic E-state index is 0.162. The zero-order valence-electron chi connectivity index (χ0n) is 14.0. The summed E-state index contributed by atoms with van der Waals surface area (Å²) in [5.41, 5.74) is 2.10. The van der Waals surface area contributed by atoms with Crippen molar-refractivity contribution in [2.45, 2.75) is 19.7 Å². The maximum absolute atomic E-state index is 12.7. The third kappa shape index (κ3) is 3.41. The van der Waals surface area contributed by atoms with Gasteiger partial charge in [-0.05, 0) is 30.3 Å². The highest BCUT2D eigenvalue weighted by Crippen LogP contribution is 2.20. The van der Waals surface area contributed by atoms with E-state index < -0.39 is 0 Å². The van der Waals surface area contributed by atoms with Crippen molar-refractivity contribution >= 4 is 17.5 Å². The van der Waals surface area contributed by atoms with Crippen molar-refractivity contribution in [2.75, 3.05) is 6.54 Å². The van der Waals surface area contributed by atoms with E-state index in [0.29, 0.717) is 31.3 Å². The maximum Gasteiger partial charge on any atom is 0.274 e. The fourth-order valence-corrected chi connectivity index (χ4v) is 3.14. The van der Waals surface area contributed by atoms with E-state index in [0.717, 1.165) is 17.1 Å². The number of fused-ring (bicyclic) bond motifs is 1. The summed E-state index contributed by atoms with van der Waals surface area (Å²) >= 11 is 6.10. The van der Waals surface area contributed by atoms with E-state index in [1.807, 2.05) is 41.1 Å². The Labute approximate surface area is 156 Å². The lowest BCUT2D eigenvalue weighted by Crippen LogP contribution is -2.38. The molecule has 6 nitrogen and oxygen atoms in total. The highest BCUT2D eigenvalue weighted by Gasteiger charge is 2.25. The molecule has 3 aromatic rings. The average molecular weight is 369 g/mol. The number of aromatic nitrogens is 3. The van der Waals surface area contributed by atoms with Crippen LogP contribution in [0.25, 0.3) is 0 Å². The summed E-state index contributed by atoms with van der Waals surface area (Å²) in [6.07, 6.45) is 1.58. The first-order chi connectivity index (χ1) is 12.7. The molecule has 0 atom stereocenters. The minimum Gasteiger partial charge on any atom is -0.487 e. The topological polar surface area (TPSA) is 60.2 Å². The van der Waals surface area contributed by atoms with Crippen molar-refractivity contribution < 1.29 is 9.53 Å². The number of ether oxygens (including phenoxy) is 1. The van der Waals surface area contributed by atoms with E-state index >= 15 is 0 Å². The van der Waals surface area contributed by atoms with Gasteiger partial charge in [0.25, 0.3) is 5.91 Å². The smallest absolute Gasteiger partial charge is 0.274 e. The first-order valence-corrected chi connectivity index (χ1v) is 8.72. The van der Waals surface area contributed by atoms with Crippen LogP contribution in [0.1, 0.15) is 21.9 Å². The van der Waals surface area contributed by atoms with Gasteiger partial charge >= 0.3 is 0 Å². The summed E-state index contributed by atoms with van der Waals surface area (Å²) in [6.45, 7) is 2.07. The molecule has 0 radical (unpaired) electrons. The van der Waals surface area contributed by atoms with Crippen molar-refractivity contribution in [3.8, 4) is 5.75 Å². The second-order valence-corrected chi connectivity index (χ2v) is 6.42. The molecule has 4 rings (SSSR count). The normalized spacial score (nSPS) is 13.3. The van der Waals surface area contributed by atoms with E-state index in [4.69, 9.17) is 16.3 Å². The third-order valence-corrected chi connectivity index (χ3v) is 4.53. The number of halogens is 1. The van der Waals surface area contributed by atoms with Crippen LogP contribution in [0.3, 0.4) is 0 Å². The summed E-state index contributed by atoms with van der Waals surface area (Å²) in [7, 11) is 0. The zero-order valence-corrected chi connectivity index (χ0v) is 14.8. The van der Waals surface area contributed by atoms with Crippen molar-refractivity contribution in [3.05, 3.63) is 76.8 Å². The quantitative estimate of drug-likeness (QED) is 0.709. The molecule has 0 saturated heterocycles. The molecule has 0 spiro atoms. The van der Waals surface area contributed by atoms with Gasteiger partial charge in [0.1, 0.15) is 23.7 Å². The zero-order chi connectivity index (χ0) is 17.9. The van der Waals surface area contributed by atoms with Crippen LogP contribution in [-0.4, -0.2) is 32.1 Å². The summed E-state index contributed by atoms with van der Waals surface area (Å²) in [5.74, 6) is 0.644. The Morgan fingerprint density at radius 2 is 2.00 bits per heavy atom. The molecule has 1 aromatic carbocycles. The number of nitrogens with zero attached hydrogens (tertiary/aromatic N) is 4. The van der Waals surface area contributed by atoms with Crippen LogP contribution in [-0.2, 0) is 19.7 Å². The molecule has 0 N–H and O–H groups in total. The van der Waals surface area contributed by atoms with E-state index in [1.54, 1.807) is 23.2 Å². The summed E-state index contributed by atoms with van der Waals surface area (Å²) in [6, 6.07) is 15.0. The number of benzene rings is 1. The van der Waals surface area contributed by atoms with Gasteiger partial charge in [-0.1, -0.05) is 29.8 Å². The Bertz CT molecular complexity index is 926. The predicted molar refractivity (Wildman–Crippen MR) is 97.0 cm³/mol. The molecule has 0 fully saturated rings. The number of para-hydroxylation sites is 1. The van der Waals surface area contributed by atoms with Crippen molar-refractivity contribution in [3.63, 3.8) is 0 Å². The molecule has 1 aliphatic rings. The van der Waals surface area contributed by atoms with Crippen LogP contribution < -0.4 is 4.74 Å². The molecular weight excluding hydrogens is 352 g/mol. The lowest BCUT2D eigenvalue weighted by Gasteiger charge is -2.27. The molecular formula is C19H17ClN4O2. The van der Waals surface area contributed by atoms with Crippen LogP contribution in [0.5, 0.6) is 5.75 Å². The van der Waals surface area contributed by atoms with Gasteiger partial charge in [-0.2, -0.15) is 5.10 Å². The van der Waals surface area contributed by atoms with E-state index in [1.165, 1.54) is 0 Å². The van der Waals surface area contributed by atoms with Crippen LogP contribution in [0.15, 0.2) is 54.7 Å². The highest BCUT2D eigenvalue weighted by atomic mass is 35.5. The van der Waals surface area contributed by atoms with Gasteiger partial charge in [0.2, 0.25) is 0 Å². The lowest BCUT2D eigenvalue weighted by atomic mass is 10.2. The van der Waals surface area contributed by atoms with Crippen LogP contribution >= 0.6 is 11.6 Å². The minimum atomic E-state index is -0.162. The average Bonchev–Trinajstić information content (AvgIpc) is 3.09. The standard InChI is InChI=1S/C19H17ClN4O2/c20-17-7-4-8-21-18(17)19(25)23-9-10-24-15(12-23)11-14(22-24)13-26-16-5-2-1-3-6-16/h1-8,11H,9-10,12-13H2. The van der Waals surface area contributed by atoms with Gasteiger partial charge in [-0.25, -0.2) is 4.98 Å². The summed E-state index contributed by atoms with van der Waals surface area (Å²) in [4.78, 5) is 18.5. The van der Waals surface area contributed by atoms with E-state index in [9.17, 15) is 4.79 Å². The van der Waals surface area contributed by atoms with Crippen LogP contribution in [0, 0.1) is 0 Å². The number of pyridine rings is 1. The fourth-order valence-electron chi connectivity index (χ4n) is 2.94. The molecule has 132 valence electrons. The Balaban J connectivity index is 1.45. The van der Waals surface area contributed by atoms with Crippen molar-refractivity contribution in [2.24, 2.45) is 0 Å². The number of rotatable bonds is 4. The van der Waals surface area contributed by atoms with Crippen molar-refractivity contribution in [1.82, 2.24) is 19.7 Å². The summed E-state index contributed by atoms with van der Waals surface area (Å²) in [5, 5.41) is 4.93. The Hall–Kier alpha value is -2.86. The molecule has 0 bridgehead atoms. The molecule has 1 aliphatic heterocycles. The first-order valence-electron chi connectivity index (χ1n) is 8.34. The van der Waals surface area contributed by atoms with Gasteiger partial charge < -0.3 is 9.64 Å². The maximum atomic E-state index is 12.7. The number of carbonyl (C=O) groups is 1. The van der Waals surface area contributed by atoms with E-state index in [-0.39, 0.29) is 11.6 Å². The van der Waals surface area contributed by atoms with Gasteiger partial charge in [-0.15, -0.1) is 0 Å². The molecule has 0 unspecified atom stereocenters. The number of hydrogen-bond donors (Lipinski definition) is 0. The molecule has 1 amide bonds. The summed E-state index contributed by atoms with van der Waals surface area (Å²) < 4.78 is 7.67. The molecule has 3 heterocycles. The molecule has 2 aromatic heterocycles. The SMILES string of the molecule is O=C(c1ncccc1Cl)N1CCn2nc(COc3ccccc3)cc2C1. The third-order valence-electron chi connectivity index (χ3n) is 4.23. The van der Waals surface area contributed by atoms with Crippen LogP contribution in [0.4, 0.5) is 0 Å². The largest absolute Gasteiger partial charge is 0.487 e. The lowest BCUT2D eigenvalue weighted by molar-refractivity contribution is 0.0700. The Kier molecular flexibility index (Phi) is 4.58. The van der Waals surface area contributed by atoms with Gasteiger partial charge in [0, 0.05) is 12.7 Å². The number of hydrogen-bond acceptors (Lipinski definition) is 4. The second-order valence-electron chi connectivity index (χ2n) is 6.01. The fraction of sp³-hybridized carbons (Fsp3) is 0.211. The number of carbonyl (C=O) groups excluding carboxylic acids is 1. The second kappa shape index (κ2) is 7.17. The molecule has 7 heteroatoms. The molecule has 0 saturated carbocycles. The van der Waals surface area contributed by atoms with Crippen molar-refractivity contribution in [1.29, 1.82) is 0 Å². The van der Waals surface area contributed by atoms with Gasteiger partial charge in [0.15, 0.2) is 0 Å². The number of amides is 1. The Morgan fingerprint density at radius 1 is 1.15 bits per heavy atom. The highest BCUT2D eigenvalue weighted by molar-refractivity contribution is 6.33. The monoisotopic (exact) mass is 368 g/mol. The Morgan fingerprint density at radius 3 is 2.81 bits per heavy atom. The predicted octanol–water partition coefficient (Wildman–Crippen LogP) is 3.17.